The molecule has 1 fully saturated rings. The highest BCUT2D eigenvalue weighted by Gasteiger charge is 2.28. The number of anilines is 3. The first-order valence-corrected chi connectivity index (χ1v) is 13.4. The van der Waals surface area contributed by atoms with Crippen LogP contribution in [-0.2, 0) is 20.7 Å². The van der Waals surface area contributed by atoms with E-state index in [1.54, 1.807) is 24.0 Å². The van der Waals surface area contributed by atoms with Crippen LogP contribution >= 0.6 is 11.3 Å². The number of benzene rings is 1. The van der Waals surface area contributed by atoms with Gasteiger partial charge in [0.1, 0.15) is 17.3 Å². The predicted molar refractivity (Wildman–Crippen MR) is 146 cm³/mol. The lowest BCUT2D eigenvalue weighted by Crippen LogP contribution is -2.51. The molecule has 1 aliphatic rings. The van der Waals surface area contributed by atoms with Crippen molar-refractivity contribution in [2.24, 2.45) is 0 Å². The number of nitrogens with zero attached hydrogens (tertiary/aromatic N) is 6. The summed E-state index contributed by atoms with van der Waals surface area (Å²) in [4.78, 5) is 40.0. The van der Waals surface area contributed by atoms with Gasteiger partial charge in [0.25, 0.3) is 0 Å². The number of imidazole rings is 1. The number of thiazole rings is 1. The molecule has 0 saturated carbocycles. The van der Waals surface area contributed by atoms with Crippen LogP contribution in [0.5, 0.6) is 0 Å². The number of halogens is 1. The van der Waals surface area contributed by atoms with Gasteiger partial charge < -0.3 is 14.5 Å². The lowest BCUT2D eigenvalue weighted by Gasteiger charge is -2.33. The Morgan fingerprint density at radius 2 is 1.92 bits per heavy atom. The standard InChI is InChI=1S/C27H29FN6O3S/c1-4-21-26(31(3)27-30-22(17-38-27)18-6-8-19(28)9-7-18)34-14-20(10-11-23(34)29-21)33-13-12-32(15-24(33)35)16-25(36)37-5-2/h6-11,14,17H,4-5,12-13,15-16H2,1-3H3. The molecule has 1 aliphatic heterocycles. The summed E-state index contributed by atoms with van der Waals surface area (Å²) in [6.45, 7) is 5.45. The molecule has 0 spiro atoms. The highest BCUT2D eigenvalue weighted by Crippen LogP contribution is 2.34. The van der Waals surface area contributed by atoms with Crippen molar-refractivity contribution in [1.29, 1.82) is 0 Å². The van der Waals surface area contributed by atoms with Crippen molar-refractivity contribution in [1.82, 2.24) is 19.3 Å². The molecule has 0 N–H and O–H groups in total. The van der Waals surface area contributed by atoms with Crippen LogP contribution in [0.2, 0.25) is 0 Å². The third kappa shape index (κ3) is 5.11. The number of hydrogen-bond acceptors (Lipinski definition) is 8. The van der Waals surface area contributed by atoms with Crippen LogP contribution in [0.25, 0.3) is 16.9 Å². The first kappa shape index (κ1) is 25.8. The molecule has 9 nitrogen and oxygen atoms in total. The van der Waals surface area contributed by atoms with E-state index in [4.69, 9.17) is 14.7 Å². The molecular weight excluding hydrogens is 507 g/mol. The first-order chi connectivity index (χ1) is 18.4. The van der Waals surface area contributed by atoms with E-state index in [2.05, 4.69) is 6.92 Å². The molecule has 0 radical (unpaired) electrons. The van der Waals surface area contributed by atoms with E-state index in [9.17, 15) is 14.0 Å². The average molecular weight is 537 g/mol. The molecule has 4 aromatic rings. The van der Waals surface area contributed by atoms with Crippen molar-refractivity contribution >= 4 is 45.5 Å². The van der Waals surface area contributed by atoms with Gasteiger partial charge in [-0.15, -0.1) is 11.3 Å². The maximum Gasteiger partial charge on any atom is 0.320 e. The number of piperazine rings is 1. The fraction of sp³-hybridized carbons (Fsp3) is 0.333. The largest absolute Gasteiger partial charge is 0.465 e. The van der Waals surface area contributed by atoms with Crippen LogP contribution in [0.3, 0.4) is 0 Å². The summed E-state index contributed by atoms with van der Waals surface area (Å²) in [5.41, 5.74) is 4.07. The van der Waals surface area contributed by atoms with E-state index >= 15 is 0 Å². The minimum absolute atomic E-state index is 0.0745. The van der Waals surface area contributed by atoms with Gasteiger partial charge in [-0.05, 0) is 49.7 Å². The van der Waals surface area contributed by atoms with Gasteiger partial charge in [0.15, 0.2) is 5.13 Å². The number of aromatic nitrogens is 3. The quantitative estimate of drug-likeness (QED) is 0.313. The molecule has 0 atom stereocenters. The Bertz CT molecular complexity index is 1470. The van der Waals surface area contributed by atoms with Crippen LogP contribution in [0.15, 0.2) is 48.0 Å². The van der Waals surface area contributed by atoms with Crippen molar-refractivity contribution in [3.05, 3.63) is 59.5 Å². The number of rotatable bonds is 8. The fourth-order valence-corrected chi connectivity index (χ4v) is 5.40. The van der Waals surface area contributed by atoms with Crippen LogP contribution in [-0.4, -0.2) is 71.0 Å². The maximum atomic E-state index is 13.4. The third-order valence-electron chi connectivity index (χ3n) is 6.49. The van der Waals surface area contributed by atoms with Crippen molar-refractivity contribution in [3.8, 4) is 11.3 Å². The van der Waals surface area contributed by atoms with Crippen molar-refractivity contribution in [2.75, 3.05) is 49.6 Å². The van der Waals surface area contributed by atoms with Gasteiger partial charge in [-0.1, -0.05) is 6.92 Å². The number of carbonyl (C=O) groups is 2. The lowest BCUT2D eigenvalue weighted by molar-refractivity contribution is -0.144. The SMILES string of the molecule is CCOC(=O)CN1CCN(c2ccc3nc(CC)c(N(C)c4nc(-c5ccc(F)cc5)cs4)n3c2)C(=O)C1. The van der Waals surface area contributed by atoms with E-state index in [0.29, 0.717) is 19.7 Å². The Kier molecular flexibility index (Phi) is 7.39. The highest BCUT2D eigenvalue weighted by atomic mass is 32.1. The highest BCUT2D eigenvalue weighted by molar-refractivity contribution is 7.14. The molecule has 0 unspecified atom stereocenters. The molecule has 11 heteroatoms. The number of hydrogen-bond donors (Lipinski definition) is 0. The summed E-state index contributed by atoms with van der Waals surface area (Å²) in [5, 5.41) is 2.73. The molecule has 5 rings (SSSR count). The second-order valence-electron chi connectivity index (χ2n) is 8.99. The number of fused-ring (bicyclic) bond motifs is 1. The molecule has 1 amide bonds. The molecule has 38 heavy (non-hydrogen) atoms. The number of pyridine rings is 1. The molecule has 3 aromatic heterocycles. The van der Waals surface area contributed by atoms with Crippen LogP contribution < -0.4 is 9.80 Å². The van der Waals surface area contributed by atoms with Crippen LogP contribution in [0.1, 0.15) is 19.5 Å². The molecular formula is C27H29FN6O3S. The summed E-state index contributed by atoms with van der Waals surface area (Å²) in [6, 6.07) is 10.1. The molecule has 198 valence electrons. The Labute approximate surface area is 224 Å². The Morgan fingerprint density at radius 1 is 1.13 bits per heavy atom. The third-order valence-corrected chi connectivity index (χ3v) is 7.41. The normalized spacial score (nSPS) is 14.3. The van der Waals surface area contributed by atoms with Crippen LogP contribution in [0.4, 0.5) is 21.0 Å². The first-order valence-electron chi connectivity index (χ1n) is 12.5. The molecule has 4 heterocycles. The van der Waals surface area contributed by atoms with E-state index in [0.717, 1.165) is 45.7 Å². The van der Waals surface area contributed by atoms with Gasteiger partial charge in [-0.25, -0.2) is 14.4 Å². The van der Waals surface area contributed by atoms with Crippen LogP contribution in [0, 0.1) is 5.82 Å². The second kappa shape index (κ2) is 10.9. The molecule has 1 saturated heterocycles. The lowest BCUT2D eigenvalue weighted by atomic mass is 10.2. The van der Waals surface area contributed by atoms with Gasteiger partial charge in [-0.3, -0.25) is 18.9 Å². The average Bonchev–Trinajstić information content (AvgIpc) is 3.54. The Morgan fingerprint density at radius 3 is 2.63 bits per heavy atom. The summed E-state index contributed by atoms with van der Waals surface area (Å²) in [5.74, 6) is 0.194. The number of ether oxygens (including phenoxy) is 1. The van der Waals surface area contributed by atoms with Crippen molar-refractivity contribution in [2.45, 2.75) is 20.3 Å². The molecule has 1 aromatic carbocycles. The molecule has 0 aliphatic carbocycles. The van der Waals surface area contributed by atoms with Gasteiger partial charge >= 0.3 is 5.97 Å². The van der Waals surface area contributed by atoms with Crippen molar-refractivity contribution in [3.63, 3.8) is 0 Å². The van der Waals surface area contributed by atoms with E-state index in [1.165, 1.54) is 23.5 Å². The van der Waals surface area contributed by atoms with Gasteiger partial charge in [-0.2, -0.15) is 0 Å². The van der Waals surface area contributed by atoms with Gasteiger partial charge in [0, 0.05) is 37.3 Å². The zero-order valence-electron chi connectivity index (χ0n) is 21.6. The zero-order valence-corrected chi connectivity index (χ0v) is 22.4. The van der Waals surface area contributed by atoms with E-state index in [-0.39, 0.29) is 30.8 Å². The van der Waals surface area contributed by atoms with Gasteiger partial charge in [0.05, 0.1) is 36.8 Å². The maximum absolute atomic E-state index is 13.4. The smallest absolute Gasteiger partial charge is 0.320 e. The second-order valence-corrected chi connectivity index (χ2v) is 9.83. The Balaban J connectivity index is 1.41. The monoisotopic (exact) mass is 536 g/mol. The summed E-state index contributed by atoms with van der Waals surface area (Å²) in [7, 11) is 1.95. The zero-order chi connectivity index (χ0) is 26.8. The Hall–Kier alpha value is -3.83. The van der Waals surface area contributed by atoms with Crippen molar-refractivity contribution < 1.29 is 18.7 Å². The van der Waals surface area contributed by atoms with E-state index < -0.39 is 0 Å². The van der Waals surface area contributed by atoms with Gasteiger partial charge in [0.2, 0.25) is 5.91 Å². The summed E-state index contributed by atoms with van der Waals surface area (Å²) < 4.78 is 20.4. The summed E-state index contributed by atoms with van der Waals surface area (Å²) in [6.07, 6.45) is 2.65. The predicted octanol–water partition coefficient (Wildman–Crippen LogP) is 4.14. The topological polar surface area (TPSA) is 83.3 Å². The number of esters is 1. The summed E-state index contributed by atoms with van der Waals surface area (Å²) >= 11 is 1.50. The number of amides is 1. The van der Waals surface area contributed by atoms with E-state index in [1.807, 2.05) is 45.0 Å². The fourth-order valence-electron chi connectivity index (χ4n) is 4.60. The molecule has 0 bridgehead atoms. The minimum Gasteiger partial charge on any atom is -0.465 e. The number of carbonyl (C=O) groups excluding carboxylic acids is 2. The minimum atomic E-state index is -0.321. The number of aryl methyl sites for hydroxylation is 1.